The molecule has 1 saturated carbocycles. The zero-order valence-electron chi connectivity index (χ0n) is 13.5. The van der Waals surface area contributed by atoms with E-state index in [2.05, 4.69) is 0 Å². The second kappa shape index (κ2) is 7.36. The van der Waals surface area contributed by atoms with Gasteiger partial charge in [0.15, 0.2) is 0 Å². The van der Waals surface area contributed by atoms with Crippen molar-refractivity contribution in [3.05, 3.63) is 11.5 Å². The summed E-state index contributed by atoms with van der Waals surface area (Å²) in [6, 6.07) is 0. The Morgan fingerprint density at radius 1 is 1.14 bits per heavy atom. The fourth-order valence-corrected chi connectivity index (χ4v) is 3.70. The molecular weight excluding hydrogens is 282 g/mol. The summed E-state index contributed by atoms with van der Waals surface area (Å²) in [6.07, 6.45) is 7.95. The van der Waals surface area contributed by atoms with Crippen molar-refractivity contribution in [1.29, 1.82) is 0 Å². The van der Waals surface area contributed by atoms with Gasteiger partial charge in [-0.25, -0.2) is 0 Å². The first-order valence-corrected chi connectivity index (χ1v) is 8.61. The Hall–Kier alpha value is -1.23. The zero-order valence-corrected chi connectivity index (χ0v) is 13.5. The van der Waals surface area contributed by atoms with Gasteiger partial charge in [-0.2, -0.15) is 0 Å². The van der Waals surface area contributed by atoms with E-state index >= 15 is 0 Å². The molecule has 3 rings (SSSR count). The highest BCUT2D eigenvalue weighted by molar-refractivity contribution is 5.92. The van der Waals surface area contributed by atoms with Crippen LogP contribution in [0, 0.1) is 5.92 Å². The molecule has 2 aliphatic heterocycles. The second-order valence-electron chi connectivity index (χ2n) is 6.57. The van der Waals surface area contributed by atoms with Crippen LogP contribution in [-0.4, -0.2) is 49.8 Å². The van der Waals surface area contributed by atoms with Gasteiger partial charge >= 0.3 is 0 Å². The van der Waals surface area contributed by atoms with Crippen LogP contribution in [0.3, 0.4) is 0 Å². The van der Waals surface area contributed by atoms with Crippen molar-refractivity contribution in [2.45, 2.75) is 51.6 Å². The first-order valence-electron chi connectivity index (χ1n) is 8.61. The molecule has 0 unspecified atom stereocenters. The standard InChI is InChI=1S/C17H27NO4/c1-13-16(22-10-9-20-13)17(19)18-7-8-21-15(12-18)11-14-5-3-2-4-6-14/h14-15H,2-12H2,1H3/t15-/m0/s1. The number of hydrogen-bond acceptors (Lipinski definition) is 4. The van der Waals surface area contributed by atoms with Crippen molar-refractivity contribution in [2.75, 3.05) is 32.9 Å². The molecule has 22 heavy (non-hydrogen) atoms. The molecule has 2 heterocycles. The van der Waals surface area contributed by atoms with Gasteiger partial charge in [-0.1, -0.05) is 32.1 Å². The second-order valence-corrected chi connectivity index (χ2v) is 6.57. The summed E-state index contributed by atoms with van der Waals surface area (Å²) in [6.45, 7) is 4.71. The van der Waals surface area contributed by atoms with E-state index in [-0.39, 0.29) is 12.0 Å². The van der Waals surface area contributed by atoms with Gasteiger partial charge in [0, 0.05) is 13.1 Å². The lowest BCUT2D eigenvalue weighted by Crippen LogP contribution is -2.47. The molecule has 5 heteroatoms. The largest absolute Gasteiger partial charge is 0.491 e. The number of amides is 1. The summed E-state index contributed by atoms with van der Waals surface area (Å²) in [5.74, 6) is 1.70. The molecule has 1 amide bonds. The molecule has 0 aromatic heterocycles. The lowest BCUT2D eigenvalue weighted by Gasteiger charge is -2.36. The van der Waals surface area contributed by atoms with Gasteiger partial charge in [0.05, 0.1) is 12.7 Å². The van der Waals surface area contributed by atoms with Crippen molar-refractivity contribution < 1.29 is 19.0 Å². The lowest BCUT2D eigenvalue weighted by molar-refractivity contribution is -0.140. The number of allylic oxidation sites excluding steroid dienone is 1. The molecule has 1 saturated heterocycles. The molecule has 0 spiro atoms. The van der Waals surface area contributed by atoms with E-state index in [1.807, 2.05) is 4.90 Å². The predicted octanol–water partition coefficient (Wildman–Crippen LogP) is 2.46. The Morgan fingerprint density at radius 3 is 2.68 bits per heavy atom. The van der Waals surface area contributed by atoms with E-state index in [0.29, 0.717) is 44.4 Å². The topological polar surface area (TPSA) is 48.0 Å². The summed E-state index contributed by atoms with van der Waals surface area (Å²) in [4.78, 5) is 14.5. The highest BCUT2D eigenvalue weighted by Gasteiger charge is 2.31. The van der Waals surface area contributed by atoms with Gasteiger partial charge < -0.3 is 19.1 Å². The van der Waals surface area contributed by atoms with Gasteiger partial charge in [-0.15, -0.1) is 0 Å². The summed E-state index contributed by atoms with van der Waals surface area (Å²) in [7, 11) is 0. The maximum absolute atomic E-state index is 12.6. The summed E-state index contributed by atoms with van der Waals surface area (Å²) in [5.41, 5.74) is 0. The van der Waals surface area contributed by atoms with Gasteiger partial charge in [0.25, 0.3) is 5.91 Å². The number of carbonyl (C=O) groups excluding carboxylic acids is 1. The van der Waals surface area contributed by atoms with E-state index in [9.17, 15) is 4.79 Å². The average molecular weight is 309 g/mol. The van der Waals surface area contributed by atoms with Crippen molar-refractivity contribution in [3.8, 4) is 0 Å². The molecule has 3 aliphatic rings. The summed E-state index contributed by atoms with van der Waals surface area (Å²) < 4.78 is 16.8. The van der Waals surface area contributed by atoms with Crippen LogP contribution in [-0.2, 0) is 19.0 Å². The van der Waals surface area contributed by atoms with Crippen molar-refractivity contribution in [1.82, 2.24) is 4.90 Å². The van der Waals surface area contributed by atoms with E-state index in [1.54, 1.807) is 6.92 Å². The Bertz CT molecular complexity index is 428. The number of nitrogens with zero attached hydrogens (tertiary/aromatic N) is 1. The number of morpholine rings is 1. The highest BCUT2D eigenvalue weighted by atomic mass is 16.6. The van der Waals surface area contributed by atoms with E-state index in [0.717, 1.165) is 12.3 Å². The van der Waals surface area contributed by atoms with E-state index < -0.39 is 0 Å². The van der Waals surface area contributed by atoms with Crippen LogP contribution in [0.2, 0.25) is 0 Å². The van der Waals surface area contributed by atoms with Crippen LogP contribution < -0.4 is 0 Å². The minimum absolute atomic E-state index is 0.0471. The third-order valence-corrected chi connectivity index (χ3v) is 4.91. The number of hydrogen-bond donors (Lipinski definition) is 0. The molecule has 0 bridgehead atoms. The molecule has 1 atom stereocenters. The van der Waals surface area contributed by atoms with Gasteiger partial charge in [-0.3, -0.25) is 4.79 Å². The molecule has 1 aliphatic carbocycles. The normalized spacial score (nSPS) is 27.3. The fourth-order valence-electron chi connectivity index (χ4n) is 3.70. The molecule has 124 valence electrons. The molecule has 0 N–H and O–H groups in total. The van der Waals surface area contributed by atoms with Gasteiger partial charge in [0.1, 0.15) is 19.0 Å². The maximum Gasteiger partial charge on any atom is 0.292 e. The minimum Gasteiger partial charge on any atom is -0.491 e. The predicted molar refractivity (Wildman–Crippen MR) is 82.1 cm³/mol. The van der Waals surface area contributed by atoms with Gasteiger partial charge in [0.2, 0.25) is 5.76 Å². The molecule has 0 aromatic rings. The van der Waals surface area contributed by atoms with Crippen LogP contribution in [0.5, 0.6) is 0 Å². The van der Waals surface area contributed by atoms with Crippen LogP contribution >= 0.6 is 0 Å². The molecule has 2 fully saturated rings. The monoisotopic (exact) mass is 309 g/mol. The Labute approximate surface area is 132 Å². The summed E-state index contributed by atoms with van der Waals surface area (Å²) >= 11 is 0. The molecular formula is C17H27NO4. The molecule has 5 nitrogen and oxygen atoms in total. The fraction of sp³-hybridized carbons (Fsp3) is 0.824. The Balaban J connectivity index is 1.56. The smallest absolute Gasteiger partial charge is 0.292 e. The van der Waals surface area contributed by atoms with Crippen molar-refractivity contribution >= 4 is 5.91 Å². The lowest BCUT2D eigenvalue weighted by atomic mass is 9.85. The average Bonchev–Trinajstić information content (AvgIpc) is 2.56. The van der Waals surface area contributed by atoms with Crippen molar-refractivity contribution in [3.63, 3.8) is 0 Å². The van der Waals surface area contributed by atoms with Crippen LogP contribution in [0.25, 0.3) is 0 Å². The molecule has 0 radical (unpaired) electrons. The minimum atomic E-state index is -0.0471. The summed E-state index contributed by atoms with van der Waals surface area (Å²) in [5, 5.41) is 0. The first kappa shape index (κ1) is 15.7. The Morgan fingerprint density at radius 2 is 1.91 bits per heavy atom. The third kappa shape index (κ3) is 3.75. The van der Waals surface area contributed by atoms with Crippen LogP contribution in [0.1, 0.15) is 45.4 Å². The maximum atomic E-state index is 12.6. The number of carbonyl (C=O) groups is 1. The van der Waals surface area contributed by atoms with Crippen LogP contribution in [0.15, 0.2) is 11.5 Å². The third-order valence-electron chi connectivity index (χ3n) is 4.91. The SMILES string of the molecule is CC1=C(C(=O)N2CCO[C@@H](CC3CCCCC3)C2)OCCO1. The quantitative estimate of drug-likeness (QED) is 0.803. The van der Waals surface area contributed by atoms with Crippen LogP contribution in [0.4, 0.5) is 0 Å². The zero-order chi connectivity index (χ0) is 15.4. The van der Waals surface area contributed by atoms with E-state index in [1.165, 1.54) is 32.1 Å². The molecule has 0 aromatic carbocycles. The Kier molecular flexibility index (Phi) is 5.24. The van der Waals surface area contributed by atoms with E-state index in [4.69, 9.17) is 14.2 Å². The number of rotatable bonds is 3. The van der Waals surface area contributed by atoms with Gasteiger partial charge in [-0.05, 0) is 19.3 Å². The first-order chi connectivity index (χ1) is 10.7. The highest BCUT2D eigenvalue weighted by Crippen LogP contribution is 2.29. The number of ether oxygens (including phenoxy) is 3. The van der Waals surface area contributed by atoms with Crippen molar-refractivity contribution in [2.24, 2.45) is 5.92 Å².